The summed E-state index contributed by atoms with van der Waals surface area (Å²) in [6.07, 6.45) is 0. The number of nitrogens with zero attached hydrogens (tertiary/aromatic N) is 4. The average Bonchev–Trinajstić information content (AvgIpc) is 3.60. The van der Waals surface area contributed by atoms with Crippen molar-refractivity contribution in [3.05, 3.63) is 0 Å². The monoisotopic (exact) mass is 1020 g/mol. The van der Waals surface area contributed by atoms with Crippen molar-refractivity contribution in [3.63, 3.8) is 0 Å². The minimum atomic E-state index is 0.724. The van der Waals surface area contributed by atoms with Crippen LogP contribution in [0.15, 0.2) is 0 Å². The van der Waals surface area contributed by atoms with Crippen molar-refractivity contribution in [2.75, 3.05) is 0 Å². The van der Waals surface area contributed by atoms with Crippen LogP contribution in [0, 0.1) is 0 Å². The van der Waals surface area contributed by atoms with Gasteiger partial charge in [0, 0.05) is 38.5 Å². The molecule has 11 aromatic rings. The molecule has 82 heavy (non-hydrogen) atoms. The van der Waals surface area contributed by atoms with Gasteiger partial charge < -0.3 is 4.57 Å². The van der Waals surface area contributed by atoms with Crippen LogP contribution in [-0.2, 0) is 0 Å². The van der Waals surface area contributed by atoms with E-state index < -0.39 is 0 Å². The van der Waals surface area contributed by atoms with Crippen molar-refractivity contribution in [2.45, 2.75) is 0 Å². The Labute approximate surface area is 514 Å². The third-order valence-corrected chi connectivity index (χ3v) is 23.2. The lowest BCUT2D eigenvalue weighted by molar-refractivity contribution is 1.02. The molecule has 3 aromatic heterocycles. The van der Waals surface area contributed by atoms with Gasteiger partial charge in [-0.15, -0.1) is 43.7 Å². The van der Waals surface area contributed by atoms with Crippen LogP contribution in [0.25, 0.3) is 99.3 Å². The molecule has 4 nitrogen and oxygen atoms in total. The van der Waals surface area contributed by atoms with Gasteiger partial charge in [-0.3, -0.25) is 4.57 Å². The number of aromatic nitrogens is 4. The summed E-state index contributed by atoms with van der Waals surface area (Å²) in [4.78, 5) is 12.3. The van der Waals surface area contributed by atoms with Gasteiger partial charge in [0.05, 0.1) is 11.2 Å². The van der Waals surface area contributed by atoms with E-state index in [1.807, 2.05) is 0 Å². The summed E-state index contributed by atoms with van der Waals surface area (Å²) in [6.45, 7) is 0. The lowest BCUT2D eigenvalue weighted by Crippen LogP contribution is -2.56. The second kappa shape index (κ2) is 19.7. The van der Waals surface area contributed by atoms with E-state index in [0.717, 1.165) is 22.5 Å². The number of benzene rings is 8. The molecule has 0 saturated heterocycles. The Morgan fingerprint density at radius 1 is 0.183 bits per heavy atom. The molecule has 0 saturated carbocycles. The van der Waals surface area contributed by atoms with Crippen molar-refractivity contribution in [1.29, 1.82) is 0 Å². The molecule has 0 aliphatic heterocycles. The fourth-order valence-corrected chi connectivity index (χ4v) is 16.1. The van der Waals surface area contributed by atoms with Crippen LogP contribution in [-0.4, -0.2) is 254 Å². The topological polar surface area (TPSA) is 35.6 Å². The number of rotatable bonds is 4. The summed E-state index contributed by atoms with van der Waals surface area (Å²) in [5.74, 6) is 0.724. The van der Waals surface area contributed by atoms with Gasteiger partial charge in [-0.2, -0.15) is 0 Å². The number of fused-ring (bicyclic) bond motifs is 8. The highest BCUT2D eigenvalue weighted by Gasteiger charge is 2.32. The van der Waals surface area contributed by atoms with Crippen LogP contribution in [0.1, 0.15) is 0 Å². The number of hydrogen-bond acceptors (Lipinski definition) is 2. The molecule has 34 heteroatoms. The first-order valence-corrected chi connectivity index (χ1v) is 30.2. The van der Waals surface area contributed by atoms with E-state index >= 15 is 0 Å². The molecule has 11 rings (SSSR count). The zero-order valence-corrected chi connectivity index (χ0v) is 55.8. The zero-order valence-electron chi connectivity index (χ0n) is 55.8. The molecule has 0 radical (unpaired) electrons. The maximum absolute atomic E-state index is 6.20. The summed E-state index contributed by atoms with van der Waals surface area (Å²) in [5.41, 5.74) is 52.1. The lowest BCUT2D eigenvalue weighted by Gasteiger charge is -2.28. The molecule has 0 bridgehead atoms. The van der Waals surface area contributed by atoms with Gasteiger partial charge in [0.25, 0.3) is 0 Å². The first kappa shape index (κ1) is 58.7. The summed E-state index contributed by atoms with van der Waals surface area (Å²) >= 11 is 0. The second-order valence-corrected chi connectivity index (χ2v) is 26.1. The summed E-state index contributed by atoms with van der Waals surface area (Å²) in [5, 5.41) is 9.24. The molecule has 0 N–H and O–H groups in total. The fraction of sp³-hybridized carbons (Fsp3) is 0. The average molecular weight is 1020 g/mol. The minimum absolute atomic E-state index is 0.724. The fourth-order valence-electron chi connectivity index (χ4n) is 16.1. The predicted octanol–water partition coefficient (Wildman–Crippen LogP) is -39.9. The quantitative estimate of drug-likeness (QED) is 0.165. The number of hydrogen-bond donors (Lipinski definition) is 0. The molecule has 0 atom stereocenters. The standard InChI is InChI=1S/C48H60B30N4/c49-11-1-2(15(53)26(64)25(63)14(1)52)12(50)21(59)9(11)41-10-22(60)13(51)4(3-16(54)27(65)32(70)28(66)17(3)55)23(61)42(10)80-48(79-41)82-45-7(20(58)31(69)35(73)38(45)76)8-24(62)47(40(78)39(77)46(8)82)81-43-5(18(56)29(67)33(71)36(43)74)6-19(57)30(68)34(72)37(75)44(6)81/h49-78H2. The molecule has 0 spiro atoms. The smallest absolute Gasteiger partial charge is 0.235 e. The van der Waals surface area contributed by atoms with Crippen molar-refractivity contribution in [1.82, 2.24) is 19.1 Å². The van der Waals surface area contributed by atoms with E-state index in [2.05, 4.69) is 245 Å². The van der Waals surface area contributed by atoms with Gasteiger partial charge in [0.2, 0.25) is 5.95 Å². The van der Waals surface area contributed by atoms with E-state index in [9.17, 15) is 0 Å². The van der Waals surface area contributed by atoms with Crippen molar-refractivity contribution >= 4 is 465 Å². The Morgan fingerprint density at radius 3 is 0.878 bits per heavy atom. The normalized spacial score (nSPS) is 11.9. The van der Waals surface area contributed by atoms with Gasteiger partial charge in [0.1, 0.15) is 235 Å². The van der Waals surface area contributed by atoms with E-state index in [0.29, 0.717) is 0 Å². The van der Waals surface area contributed by atoms with Crippen LogP contribution < -0.4 is 164 Å². The summed E-state index contributed by atoms with van der Waals surface area (Å²) in [6, 6.07) is 0. The second-order valence-electron chi connectivity index (χ2n) is 26.1. The van der Waals surface area contributed by atoms with Gasteiger partial charge in [-0.25, -0.2) is 9.97 Å². The molecule has 0 fully saturated rings. The molecule has 0 amide bonds. The largest absolute Gasteiger partial charge is 0.312 e. The minimum Gasteiger partial charge on any atom is -0.312 e. The third kappa shape index (κ3) is 7.42. The molecule has 0 aliphatic carbocycles. The van der Waals surface area contributed by atoms with Crippen molar-refractivity contribution in [3.8, 4) is 34.0 Å². The molecular formula is C48H60B30N4. The maximum Gasteiger partial charge on any atom is 0.235 e. The van der Waals surface area contributed by atoms with Crippen molar-refractivity contribution < 1.29 is 0 Å². The van der Waals surface area contributed by atoms with Crippen LogP contribution in [0.3, 0.4) is 0 Å². The molecule has 362 valence electrons. The van der Waals surface area contributed by atoms with Crippen LogP contribution in [0.4, 0.5) is 0 Å². The highest BCUT2D eigenvalue weighted by atomic mass is 15.2. The molecule has 3 heterocycles. The predicted molar refractivity (Wildman–Crippen MR) is 462 cm³/mol. The Morgan fingerprint density at radius 2 is 0.451 bits per heavy atom. The molecule has 0 aliphatic rings. The Kier molecular flexibility index (Phi) is 14.1. The van der Waals surface area contributed by atoms with E-state index in [4.69, 9.17) is 9.97 Å². The van der Waals surface area contributed by atoms with Crippen LogP contribution in [0.2, 0.25) is 0 Å². The van der Waals surface area contributed by atoms with Gasteiger partial charge >= 0.3 is 0 Å². The summed E-state index contributed by atoms with van der Waals surface area (Å²) < 4.78 is 5.25. The van der Waals surface area contributed by atoms with Gasteiger partial charge in [0.15, 0.2) is 0 Å². The molecule has 0 unspecified atom stereocenters. The third-order valence-electron chi connectivity index (χ3n) is 23.2. The highest BCUT2D eigenvalue weighted by Crippen LogP contribution is 2.33. The Hall–Kier alpha value is -5.09. The Balaban J connectivity index is 1.41. The van der Waals surface area contributed by atoms with E-state index in [1.54, 1.807) is 0 Å². The van der Waals surface area contributed by atoms with Crippen LogP contribution in [0.5, 0.6) is 0 Å². The van der Waals surface area contributed by atoms with Gasteiger partial charge in [-0.05, 0) is 43.6 Å². The van der Waals surface area contributed by atoms with Gasteiger partial charge in [-0.1, -0.05) is 120 Å². The summed E-state index contributed by atoms with van der Waals surface area (Å²) in [7, 11) is 70.3. The molecule has 8 aromatic carbocycles. The first-order valence-electron chi connectivity index (χ1n) is 30.2. The van der Waals surface area contributed by atoms with E-state index in [1.165, 1.54) is 241 Å². The zero-order chi connectivity index (χ0) is 60.3. The highest BCUT2D eigenvalue weighted by molar-refractivity contribution is 6.77. The first-order chi connectivity index (χ1) is 38.3. The Bertz CT molecular complexity index is 4820. The molecular weight excluding hydrogens is 957 g/mol. The van der Waals surface area contributed by atoms with Crippen molar-refractivity contribution in [2.24, 2.45) is 0 Å². The lowest BCUT2D eigenvalue weighted by atomic mass is 9.57. The SMILES string of the molecule is Bc1c(B)c(B)c(-c2c(B)c(B)c3c(-c4c(B)c(B)c5c(B)c(B)c(B)c(B)c5c4B)nc(-n4c5c(B)c(B)c(B)c(B)c5c5c(B)c(-n6c7c(B)c(B)c(B)c(B)c7c7c(B)c(B)c(B)c(B)c76)c(B)c(B)c54)nc3c2B)c(B)c1B. The van der Waals surface area contributed by atoms with Crippen LogP contribution >= 0.6 is 0 Å². The van der Waals surface area contributed by atoms with E-state index in [-0.39, 0.29) is 0 Å². The maximum atomic E-state index is 6.20.